The Hall–Kier alpha value is -0.120. The summed E-state index contributed by atoms with van der Waals surface area (Å²) >= 11 is 0. The summed E-state index contributed by atoms with van der Waals surface area (Å²) in [4.78, 5) is 5.23. The fourth-order valence-electron chi connectivity index (χ4n) is 6.46. The summed E-state index contributed by atoms with van der Waals surface area (Å²) in [6.07, 6.45) is 5.77. The van der Waals surface area contributed by atoms with E-state index in [1.165, 1.54) is 25.7 Å². The summed E-state index contributed by atoms with van der Waals surface area (Å²) in [5.41, 5.74) is 0. The van der Waals surface area contributed by atoms with E-state index >= 15 is 0 Å². The van der Waals surface area contributed by atoms with Crippen molar-refractivity contribution in [1.29, 1.82) is 0 Å². The number of hydrogen-bond acceptors (Lipinski definition) is 3. The van der Waals surface area contributed by atoms with Gasteiger partial charge in [0.05, 0.1) is 6.61 Å². The number of fused-ring (bicyclic) bond motifs is 12. The minimum absolute atomic E-state index is 0.241. The monoisotopic (exact) mass is 220 g/mol. The molecule has 1 aliphatic heterocycles. The molecule has 4 aliphatic carbocycles. The molecule has 3 nitrogen and oxygen atoms in total. The van der Waals surface area contributed by atoms with Crippen molar-refractivity contribution in [3.05, 3.63) is 5.21 Å². The van der Waals surface area contributed by atoms with Gasteiger partial charge in [-0.25, -0.2) is 0 Å². The maximum atomic E-state index is 11.7. The van der Waals surface area contributed by atoms with Gasteiger partial charge in [-0.3, -0.25) is 5.23 Å². The predicted octanol–water partition coefficient (Wildman–Crippen LogP) is 2.03. The van der Waals surface area contributed by atoms with E-state index in [4.69, 9.17) is 4.84 Å². The van der Waals surface area contributed by atoms with Crippen molar-refractivity contribution in [3.8, 4) is 0 Å². The van der Waals surface area contributed by atoms with Crippen LogP contribution in [0.25, 0.3) is 0 Å². The zero-order valence-corrected chi connectivity index (χ0v) is 9.42. The summed E-state index contributed by atoms with van der Waals surface area (Å²) in [6, 6.07) is 0.241. The number of rotatable bonds is 0. The van der Waals surface area contributed by atoms with Crippen molar-refractivity contribution < 1.29 is 4.84 Å². The van der Waals surface area contributed by atoms with Crippen LogP contribution in [0.4, 0.5) is 0 Å². The van der Waals surface area contributed by atoms with Crippen LogP contribution < -0.4 is 0 Å². The third-order valence-corrected chi connectivity index (χ3v) is 6.64. The van der Waals surface area contributed by atoms with Crippen LogP contribution in [0.5, 0.6) is 0 Å². The molecule has 0 radical (unpaired) electrons. The lowest BCUT2D eigenvalue weighted by Crippen LogP contribution is -2.43. The molecule has 8 atom stereocenters. The largest absolute Gasteiger partial charge is 0.762 e. The lowest BCUT2D eigenvalue weighted by molar-refractivity contribution is -0.103. The minimum Gasteiger partial charge on any atom is -0.762 e. The smallest absolute Gasteiger partial charge is 0.0719 e. The molecule has 0 N–H and O–H groups in total. The molecule has 3 heteroatoms. The van der Waals surface area contributed by atoms with Crippen molar-refractivity contribution >= 4 is 0 Å². The average Bonchev–Trinajstić information content (AvgIpc) is 2.99. The fraction of sp³-hybridized carbons (Fsp3) is 1.00. The SMILES string of the molecule is [O-]N1OCC2C3CC(C4C5CCC(C5)C34)C21. The van der Waals surface area contributed by atoms with Crippen LogP contribution in [-0.2, 0) is 4.84 Å². The standard InChI is InChI=1S/C13H18NO2/c15-14-13-9-4-8(10(13)5-16-14)11-6-1-2-7(3-6)12(9)11/h6-13H,1-5H2/q-1. The van der Waals surface area contributed by atoms with E-state index in [0.29, 0.717) is 11.8 Å². The van der Waals surface area contributed by atoms with Gasteiger partial charge in [-0.2, -0.15) is 0 Å². The molecular formula is C13H18NO2-. The third-order valence-electron chi connectivity index (χ3n) is 6.64. The highest BCUT2D eigenvalue weighted by Crippen LogP contribution is 2.70. The van der Waals surface area contributed by atoms with E-state index in [2.05, 4.69) is 0 Å². The van der Waals surface area contributed by atoms with E-state index in [1.54, 1.807) is 0 Å². The minimum atomic E-state index is 0.241. The third kappa shape index (κ3) is 0.793. The van der Waals surface area contributed by atoms with E-state index in [-0.39, 0.29) is 6.04 Å². The van der Waals surface area contributed by atoms with Crippen LogP contribution in [0.3, 0.4) is 0 Å². The maximum absolute atomic E-state index is 11.7. The molecule has 0 amide bonds. The molecule has 0 spiro atoms. The Kier molecular flexibility index (Phi) is 1.47. The van der Waals surface area contributed by atoms with Gasteiger partial charge in [0, 0.05) is 12.0 Å². The van der Waals surface area contributed by atoms with Crippen molar-refractivity contribution in [1.82, 2.24) is 5.23 Å². The Morgan fingerprint density at radius 3 is 2.50 bits per heavy atom. The van der Waals surface area contributed by atoms with E-state index in [1.807, 2.05) is 0 Å². The first-order valence-corrected chi connectivity index (χ1v) is 6.94. The molecule has 0 aromatic rings. The molecule has 4 saturated carbocycles. The molecule has 0 aromatic carbocycles. The highest BCUT2D eigenvalue weighted by molar-refractivity contribution is 5.16. The lowest BCUT2D eigenvalue weighted by Gasteiger charge is -2.43. The highest BCUT2D eigenvalue weighted by atomic mass is 16.9. The predicted molar refractivity (Wildman–Crippen MR) is 57.8 cm³/mol. The van der Waals surface area contributed by atoms with Crippen molar-refractivity contribution in [3.63, 3.8) is 0 Å². The number of hydroxylamine groups is 2. The molecule has 0 aromatic heterocycles. The van der Waals surface area contributed by atoms with Crippen LogP contribution in [0, 0.1) is 46.6 Å². The molecule has 5 fully saturated rings. The van der Waals surface area contributed by atoms with E-state index < -0.39 is 0 Å². The summed E-state index contributed by atoms with van der Waals surface area (Å²) in [7, 11) is 0. The molecule has 5 aliphatic rings. The molecule has 16 heavy (non-hydrogen) atoms. The van der Waals surface area contributed by atoms with Gasteiger partial charge >= 0.3 is 0 Å². The second-order valence-corrected chi connectivity index (χ2v) is 6.79. The molecular weight excluding hydrogens is 202 g/mol. The first-order valence-electron chi connectivity index (χ1n) is 6.94. The average molecular weight is 220 g/mol. The van der Waals surface area contributed by atoms with E-state index in [9.17, 15) is 5.21 Å². The van der Waals surface area contributed by atoms with E-state index in [0.717, 1.165) is 41.4 Å². The van der Waals surface area contributed by atoms with Crippen LogP contribution >= 0.6 is 0 Å². The quantitative estimate of drug-likeness (QED) is 0.586. The topological polar surface area (TPSA) is 35.5 Å². The van der Waals surface area contributed by atoms with Gasteiger partial charge in [0.1, 0.15) is 0 Å². The summed E-state index contributed by atoms with van der Waals surface area (Å²) < 4.78 is 0. The second-order valence-electron chi connectivity index (χ2n) is 6.79. The lowest BCUT2D eigenvalue weighted by atomic mass is 9.66. The zero-order valence-electron chi connectivity index (χ0n) is 9.42. The van der Waals surface area contributed by atoms with Crippen molar-refractivity contribution in [2.24, 2.45) is 41.4 Å². The van der Waals surface area contributed by atoms with Crippen molar-refractivity contribution in [2.45, 2.75) is 31.7 Å². The van der Waals surface area contributed by atoms with Crippen LogP contribution in [0.15, 0.2) is 0 Å². The molecule has 1 saturated heterocycles. The summed E-state index contributed by atoms with van der Waals surface area (Å²) in [5, 5.41) is 12.7. The van der Waals surface area contributed by atoms with Gasteiger partial charge < -0.3 is 10.0 Å². The van der Waals surface area contributed by atoms with Crippen LogP contribution in [-0.4, -0.2) is 17.9 Å². The molecule has 1 heterocycles. The fourth-order valence-corrected chi connectivity index (χ4v) is 6.46. The summed E-state index contributed by atoms with van der Waals surface area (Å²) in [6.45, 7) is 0.718. The maximum Gasteiger partial charge on any atom is 0.0719 e. The Bertz CT molecular complexity index is 347. The second kappa shape index (κ2) is 2.65. The van der Waals surface area contributed by atoms with Gasteiger partial charge in [-0.05, 0) is 61.2 Å². The zero-order chi connectivity index (χ0) is 10.4. The number of hydrogen-bond donors (Lipinski definition) is 0. The first-order chi connectivity index (χ1) is 7.84. The van der Waals surface area contributed by atoms with Gasteiger partial charge in [-0.15, -0.1) is 0 Å². The van der Waals surface area contributed by atoms with Crippen molar-refractivity contribution in [2.75, 3.05) is 6.61 Å². The first kappa shape index (κ1) is 8.90. The van der Waals surface area contributed by atoms with Gasteiger partial charge in [0.25, 0.3) is 0 Å². The van der Waals surface area contributed by atoms with Gasteiger partial charge in [0.15, 0.2) is 0 Å². The summed E-state index contributed by atoms with van der Waals surface area (Å²) in [5.74, 6) is 6.00. The molecule has 4 bridgehead atoms. The Labute approximate surface area is 95.7 Å². The molecule has 8 unspecified atom stereocenters. The molecule has 5 rings (SSSR count). The Morgan fingerprint density at radius 2 is 1.69 bits per heavy atom. The Balaban J connectivity index is 1.57. The molecule has 88 valence electrons. The number of nitrogens with zero attached hydrogens (tertiary/aromatic N) is 1. The van der Waals surface area contributed by atoms with Gasteiger partial charge in [-0.1, -0.05) is 0 Å². The highest BCUT2D eigenvalue weighted by Gasteiger charge is 2.67. The van der Waals surface area contributed by atoms with Crippen LogP contribution in [0.2, 0.25) is 0 Å². The van der Waals surface area contributed by atoms with Gasteiger partial charge in [0.2, 0.25) is 0 Å². The Morgan fingerprint density at radius 1 is 0.938 bits per heavy atom. The van der Waals surface area contributed by atoms with Crippen LogP contribution in [0.1, 0.15) is 25.7 Å². The normalized spacial score (nSPS) is 66.6.